The molecule has 0 aromatic heterocycles. The van der Waals surface area contributed by atoms with E-state index in [-0.39, 0.29) is 13.2 Å². The zero-order valence-corrected chi connectivity index (χ0v) is 14.3. The lowest BCUT2D eigenvalue weighted by molar-refractivity contribution is -0.123. The monoisotopic (exact) mass is 353 g/mol. The Labute approximate surface area is 143 Å². The molecule has 0 saturated heterocycles. The number of primary amides is 1. The smallest absolute Gasteiger partial charge is 0.243 e. The Kier molecular flexibility index (Phi) is 19.6. The number of nitrogens with two attached hydrogens (primary N) is 1. The molecule has 0 bridgehead atoms. The Balaban J connectivity index is 2.97. The van der Waals surface area contributed by atoms with Crippen LogP contribution in [-0.2, 0) is 33.2 Å². The molecule has 0 saturated carbocycles. The van der Waals surface area contributed by atoms with Crippen molar-refractivity contribution in [3.8, 4) is 0 Å². The first-order chi connectivity index (χ1) is 11.8. The molecule has 0 rings (SSSR count). The van der Waals surface area contributed by atoms with E-state index >= 15 is 0 Å². The minimum atomic E-state index is -0.482. The third kappa shape index (κ3) is 21.2. The molecule has 0 heterocycles. The highest BCUT2D eigenvalue weighted by Gasteiger charge is 1.95. The van der Waals surface area contributed by atoms with Crippen molar-refractivity contribution in [2.75, 3.05) is 85.9 Å². The molecule has 144 valence electrons. The largest absolute Gasteiger partial charge is 0.394 e. The molecule has 24 heavy (non-hydrogen) atoms. The predicted molar refractivity (Wildman–Crippen MR) is 85.8 cm³/mol. The SMILES string of the molecule is NC(=O)COCCOCCCOCCOCCOCCOCCO. The second-order valence-corrected chi connectivity index (χ2v) is 4.66. The van der Waals surface area contributed by atoms with E-state index < -0.39 is 5.91 Å². The zero-order chi connectivity index (χ0) is 17.7. The normalized spacial score (nSPS) is 11.0. The van der Waals surface area contributed by atoms with Gasteiger partial charge >= 0.3 is 0 Å². The van der Waals surface area contributed by atoms with Gasteiger partial charge in [-0.05, 0) is 6.42 Å². The molecule has 0 spiro atoms. The zero-order valence-electron chi connectivity index (χ0n) is 14.3. The van der Waals surface area contributed by atoms with Crippen LogP contribution in [0.15, 0.2) is 0 Å². The molecule has 9 heteroatoms. The van der Waals surface area contributed by atoms with E-state index in [0.29, 0.717) is 72.7 Å². The summed E-state index contributed by atoms with van der Waals surface area (Å²) in [5.41, 5.74) is 4.92. The summed E-state index contributed by atoms with van der Waals surface area (Å²) in [6, 6.07) is 0. The summed E-state index contributed by atoms with van der Waals surface area (Å²) < 4.78 is 31.3. The number of rotatable bonds is 20. The van der Waals surface area contributed by atoms with Gasteiger partial charge in [0, 0.05) is 13.2 Å². The maximum Gasteiger partial charge on any atom is 0.243 e. The topological polar surface area (TPSA) is 119 Å². The number of aliphatic hydroxyl groups is 1. The standard InChI is InChI=1S/C15H31NO8/c16-15(18)14-24-13-12-20-4-1-3-19-6-8-22-10-11-23-9-7-21-5-2-17/h17H,1-14H2,(H2,16,18). The van der Waals surface area contributed by atoms with Crippen molar-refractivity contribution < 1.29 is 38.3 Å². The molecule has 0 radical (unpaired) electrons. The fourth-order valence-electron chi connectivity index (χ4n) is 1.48. The van der Waals surface area contributed by atoms with E-state index in [1.807, 2.05) is 0 Å². The molecular weight excluding hydrogens is 322 g/mol. The molecule has 0 atom stereocenters. The highest BCUT2D eigenvalue weighted by molar-refractivity contribution is 5.74. The number of carbonyl (C=O) groups is 1. The van der Waals surface area contributed by atoms with E-state index in [1.54, 1.807) is 0 Å². The van der Waals surface area contributed by atoms with Gasteiger partial charge in [-0.3, -0.25) is 4.79 Å². The molecule has 3 N–H and O–H groups in total. The molecule has 0 aromatic rings. The third-order valence-corrected chi connectivity index (χ3v) is 2.55. The van der Waals surface area contributed by atoms with Gasteiger partial charge in [0.05, 0.1) is 66.1 Å². The summed E-state index contributed by atoms with van der Waals surface area (Å²) in [6.07, 6.45) is 0.784. The van der Waals surface area contributed by atoms with Crippen LogP contribution in [0.3, 0.4) is 0 Å². The van der Waals surface area contributed by atoms with E-state index in [2.05, 4.69) is 0 Å². The van der Waals surface area contributed by atoms with Crippen molar-refractivity contribution in [1.82, 2.24) is 0 Å². The maximum absolute atomic E-state index is 10.4. The number of amides is 1. The van der Waals surface area contributed by atoms with Crippen LogP contribution < -0.4 is 5.73 Å². The van der Waals surface area contributed by atoms with Crippen molar-refractivity contribution in [3.63, 3.8) is 0 Å². The van der Waals surface area contributed by atoms with Crippen LogP contribution in [0.1, 0.15) is 6.42 Å². The Bertz CT molecular complexity index is 268. The Morgan fingerprint density at radius 2 is 1.00 bits per heavy atom. The highest BCUT2D eigenvalue weighted by Crippen LogP contribution is 1.87. The second-order valence-electron chi connectivity index (χ2n) is 4.66. The van der Waals surface area contributed by atoms with Gasteiger partial charge in [0.25, 0.3) is 0 Å². The molecule has 0 aliphatic heterocycles. The Morgan fingerprint density at radius 3 is 1.42 bits per heavy atom. The first kappa shape index (κ1) is 23.2. The van der Waals surface area contributed by atoms with E-state index in [0.717, 1.165) is 6.42 Å². The van der Waals surface area contributed by atoms with Crippen molar-refractivity contribution in [2.45, 2.75) is 6.42 Å². The van der Waals surface area contributed by atoms with Gasteiger partial charge in [-0.1, -0.05) is 0 Å². The number of ether oxygens (including phenoxy) is 6. The van der Waals surface area contributed by atoms with Crippen LogP contribution in [0.25, 0.3) is 0 Å². The molecular formula is C15H31NO8. The highest BCUT2D eigenvalue weighted by atomic mass is 16.6. The van der Waals surface area contributed by atoms with Crippen LogP contribution in [-0.4, -0.2) is 96.9 Å². The first-order valence-electron chi connectivity index (χ1n) is 8.13. The van der Waals surface area contributed by atoms with Gasteiger partial charge in [0.15, 0.2) is 0 Å². The second kappa shape index (κ2) is 20.2. The summed E-state index contributed by atoms with van der Waals surface area (Å²) in [7, 11) is 0. The summed E-state index contributed by atoms with van der Waals surface area (Å²) in [5.74, 6) is -0.482. The molecule has 0 fully saturated rings. The maximum atomic E-state index is 10.4. The van der Waals surface area contributed by atoms with Gasteiger partial charge in [0.1, 0.15) is 6.61 Å². The average molecular weight is 353 g/mol. The minimum Gasteiger partial charge on any atom is -0.394 e. The molecule has 1 amide bonds. The Hall–Kier alpha value is -0.810. The van der Waals surface area contributed by atoms with Crippen LogP contribution in [0.2, 0.25) is 0 Å². The van der Waals surface area contributed by atoms with Gasteiger partial charge < -0.3 is 39.3 Å². The van der Waals surface area contributed by atoms with Crippen molar-refractivity contribution in [2.24, 2.45) is 5.73 Å². The molecule has 0 aliphatic carbocycles. The van der Waals surface area contributed by atoms with Crippen LogP contribution >= 0.6 is 0 Å². The summed E-state index contributed by atoms with van der Waals surface area (Å²) in [4.78, 5) is 10.4. The molecule has 0 unspecified atom stereocenters. The van der Waals surface area contributed by atoms with Crippen LogP contribution in [0.4, 0.5) is 0 Å². The number of hydrogen-bond acceptors (Lipinski definition) is 8. The number of aliphatic hydroxyl groups excluding tert-OH is 1. The summed E-state index contributed by atoms with van der Waals surface area (Å²) >= 11 is 0. The van der Waals surface area contributed by atoms with Crippen molar-refractivity contribution in [1.29, 1.82) is 0 Å². The predicted octanol–water partition coefficient (Wildman–Crippen LogP) is -1.05. The fraction of sp³-hybridized carbons (Fsp3) is 0.933. The Morgan fingerprint density at radius 1 is 0.625 bits per heavy atom. The van der Waals surface area contributed by atoms with Gasteiger partial charge in [-0.25, -0.2) is 0 Å². The lowest BCUT2D eigenvalue weighted by Crippen LogP contribution is -2.19. The lowest BCUT2D eigenvalue weighted by Gasteiger charge is -2.07. The first-order valence-corrected chi connectivity index (χ1v) is 8.13. The van der Waals surface area contributed by atoms with E-state index in [9.17, 15) is 4.79 Å². The quantitative estimate of drug-likeness (QED) is 0.266. The number of hydrogen-bond donors (Lipinski definition) is 2. The lowest BCUT2D eigenvalue weighted by atomic mass is 10.5. The third-order valence-electron chi connectivity index (χ3n) is 2.55. The van der Waals surface area contributed by atoms with Gasteiger partial charge in [-0.2, -0.15) is 0 Å². The van der Waals surface area contributed by atoms with Crippen LogP contribution in [0.5, 0.6) is 0 Å². The molecule has 0 aliphatic rings. The van der Waals surface area contributed by atoms with Gasteiger partial charge in [-0.15, -0.1) is 0 Å². The van der Waals surface area contributed by atoms with E-state index in [4.69, 9.17) is 39.3 Å². The van der Waals surface area contributed by atoms with Crippen molar-refractivity contribution in [3.05, 3.63) is 0 Å². The molecule has 0 aromatic carbocycles. The van der Waals surface area contributed by atoms with Crippen LogP contribution in [0, 0.1) is 0 Å². The minimum absolute atomic E-state index is 0.0284. The fourth-order valence-corrected chi connectivity index (χ4v) is 1.48. The number of carbonyl (C=O) groups excluding carboxylic acids is 1. The van der Waals surface area contributed by atoms with E-state index in [1.165, 1.54) is 0 Å². The van der Waals surface area contributed by atoms with Gasteiger partial charge in [0.2, 0.25) is 5.91 Å². The van der Waals surface area contributed by atoms with Crippen molar-refractivity contribution >= 4 is 5.91 Å². The average Bonchev–Trinajstić information content (AvgIpc) is 2.56. The molecule has 9 nitrogen and oxygen atoms in total. The summed E-state index contributed by atoms with van der Waals surface area (Å²) in [6.45, 7) is 5.29. The summed E-state index contributed by atoms with van der Waals surface area (Å²) in [5, 5.41) is 8.49.